The number of amides is 1. The SMILES string of the molecule is CCOC(=O)C1=NN(c2ccccc2)C(C(=O)Nc2cccc(OC)c2)C1. The molecule has 0 saturated carbocycles. The second kappa shape index (κ2) is 8.35. The number of ether oxygens (including phenoxy) is 2. The second-order valence-electron chi connectivity index (χ2n) is 5.89. The van der Waals surface area contributed by atoms with Gasteiger partial charge >= 0.3 is 5.97 Å². The minimum atomic E-state index is -0.655. The molecule has 0 spiro atoms. The lowest BCUT2D eigenvalue weighted by atomic mass is 10.1. The van der Waals surface area contributed by atoms with Gasteiger partial charge in [-0.25, -0.2) is 4.79 Å². The van der Waals surface area contributed by atoms with E-state index in [-0.39, 0.29) is 24.6 Å². The number of rotatable bonds is 6. The summed E-state index contributed by atoms with van der Waals surface area (Å²) < 4.78 is 10.2. The summed E-state index contributed by atoms with van der Waals surface area (Å²) in [6.45, 7) is 1.99. The molecule has 1 aliphatic heterocycles. The lowest BCUT2D eigenvalue weighted by Gasteiger charge is -2.22. The first-order chi connectivity index (χ1) is 13.1. The molecule has 1 amide bonds. The maximum atomic E-state index is 12.9. The van der Waals surface area contributed by atoms with Gasteiger partial charge in [-0.05, 0) is 31.2 Å². The molecule has 0 fully saturated rings. The number of carbonyl (C=O) groups is 2. The number of esters is 1. The van der Waals surface area contributed by atoms with Crippen molar-refractivity contribution >= 4 is 29.0 Å². The maximum absolute atomic E-state index is 12.9. The van der Waals surface area contributed by atoms with Crippen LogP contribution in [0.2, 0.25) is 0 Å². The fourth-order valence-electron chi connectivity index (χ4n) is 2.80. The molecule has 140 valence electrons. The van der Waals surface area contributed by atoms with Gasteiger partial charge in [0, 0.05) is 18.2 Å². The van der Waals surface area contributed by atoms with Gasteiger partial charge in [0.05, 0.1) is 19.4 Å². The Kier molecular flexibility index (Phi) is 5.71. The number of nitrogens with zero attached hydrogens (tertiary/aromatic N) is 2. The summed E-state index contributed by atoms with van der Waals surface area (Å²) in [6, 6.07) is 15.7. The van der Waals surface area contributed by atoms with Crippen LogP contribution in [-0.4, -0.2) is 37.3 Å². The third-order valence-electron chi connectivity index (χ3n) is 4.08. The third kappa shape index (κ3) is 4.25. The number of anilines is 2. The topological polar surface area (TPSA) is 80.2 Å². The molecule has 0 aromatic heterocycles. The van der Waals surface area contributed by atoms with Crippen LogP contribution in [0.15, 0.2) is 59.7 Å². The molecular formula is C20H21N3O4. The van der Waals surface area contributed by atoms with E-state index in [0.29, 0.717) is 11.4 Å². The molecule has 0 saturated heterocycles. The minimum Gasteiger partial charge on any atom is -0.497 e. The third-order valence-corrected chi connectivity index (χ3v) is 4.08. The molecule has 27 heavy (non-hydrogen) atoms. The summed E-state index contributed by atoms with van der Waals surface area (Å²) >= 11 is 0. The summed E-state index contributed by atoms with van der Waals surface area (Å²) in [6.07, 6.45) is 0.170. The average Bonchev–Trinajstić information content (AvgIpc) is 3.15. The molecule has 0 aliphatic carbocycles. The van der Waals surface area contributed by atoms with Crippen LogP contribution < -0.4 is 15.1 Å². The highest BCUT2D eigenvalue weighted by Gasteiger charge is 2.36. The van der Waals surface area contributed by atoms with Crippen LogP contribution in [0.25, 0.3) is 0 Å². The van der Waals surface area contributed by atoms with Gasteiger partial charge in [-0.1, -0.05) is 24.3 Å². The summed E-state index contributed by atoms with van der Waals surface area (Å²) in [5, 5.41) is 8.77. The van der Waals surface area contributed by atoms with Crippen LogP contribution in [0.3, 0.4) is 0 Å². The molecule has 0 radical (unpaired) electrons. The van der Waals surface area contributed by atoms with Crippen molar-refractivity contribution < 1.29 is 19.1 Å². The summed E-state index contributed by atoms with van der Waals surface area (Å²) in [4.78, 5) is 25.0. The number of hydrazone groups is 1. The normalized spacial score (nSPS) is 15.9. The van der Waals surface area contributed by atoms with Crippen molar-refractivity contribution in [3.63, 3.8) is 0 Å². The van der Waals surface area contributed by atoms with E-state index in [2.05, 4.69) is 10.4 Å². The van der Waals surface area contributed by atoms with Crippen LogP contribution in [0, 0.1) is 0 Å². The van der Waals surface area contributed by atoms with E-state index in [1.165, 1.54) is 0 Å². The molecule has 2 aromatic rings. The summed E-state index contributed by atoms with van der Waals surface area (Å²) in [5.41, 5.74) is 1.56. The molecule has 2 aromatic carbocycles. The number of hydrogen-bond acceptors (Lipinski definition) is 6. The lowest BCUT2D eigenvalue weighted by Crippen LogP contribution is -2.38. The number of nitrogens with one attached hydrogen (secondary N) is 1. The summed E-state index contributed by atoms with van der Waals surface area (Å²) in [5.74, 6) is -0.132. The Morgan fingerprint density at radius 3 is 2.67 bits per heavy atom. The molecule has 7 nitrogen and oxygen atoms in total. The zero-order valence-electron chi connectivity index (χ0n) is 15.2. The fraction of sp³-hybridized carbons (Fsp3) is 0.250. The van der Waals surface area contributed by atoms with Crippen LogP contribution in [0.5, 0.6) is 5.75 Å². The van der Waals surface area contributed by atoms with Crippen molar-refractivity contribution in [3.8, 4) is 5.75 Å². The minimum absolute atomic E-state index is 0.170. The van der Waals surface area contributed by atoms with Crippen molar-refractivity contribution in [3.05, 3.63) is 54.6 Å². The number of hydrogen-bond donors (Lipinski definition) is 1. The predicted molar refractivity (Wildman–Crippen MR) is 103 cm³/mol. The number of carbonyl (C=O) groups excluding carboxylic acids is 2. The average molecular weight is 367 g/mol. The van der Waals surface area contributed by atoms with E-state index in [0.717, 1.165) is 5.69 Å². The van der Waals surface area contributed by atoms with Crippen molar-refractivity contribution in [2.24, 2.45) is 5.10 Å². The molecule has 1 heterocycles. The van der Waals surface area contributed by atoms with Crippen molar-refractivity contribution in [2.45, 2.75) is 19.4 Å². The maximum Gasteiger partial charge on any atom is 0.354 e. The highest BCUT2D eigenvalue weighted by Crippen LogP contribution is 2.26. The van der Waals surface area contributed by atoms with Gasteiger partial charge < -0.3 is 14.8 Å². The Morgan fingerprint density at radius 2 is 1.96 bits per heavy atom. The number of methoxy groups -OCH3 is 1. The molecule has 3 rings (SSSR count). The van der Waals surface area contributed by atoms with E-state index < -0.39 is 12.0 Å². The molecule has 1 N–H and O–H groups in total. The molecule has 0 bridgehead atoms. The largest absolute Gasteiger partial charge is 0.497 e. The van der Waals surface area contributed by atoms with Gasteiger partial charge in [0.1, 0.15) is 17.5 Å². The Morgan fingerprint density at radius 1 is 1.19 bits per heavy atom. The Balaban J connectivity index is 1.83. The molecule has 1 atom stereocenters. The number of para-hydroxylation sites is 1. The first kappa shape index (κ1) is 18.4. The van der Waals surface area contributed by atoms with Crippen LogP contribution >= 0.6 is 0 Å². The Labute approximate surface area is 157 Å². The highest BCUT2D eigenvalue weighted by atomic mass is 16.5. The van der Waals surface area contributed by atoms with E-state index in [4.69, 9.17) is 9.47 Å². The van der Waals surface area contributed by atoms with Gasteiger partial charge in [-0.2, -0.15) is 5.10 Å². The first-order valence-corrected chi connectivity index (χ1v) is 8.66. The van der Waals surface area contributed by atoms with Crippen molar-refractivity contribution in [1.82, 2.24) is 0 Å². The Hall–Kier alpha value is -3.35. The van der Waals surface area contributed by atoms with E-state index in [1.54, 1.807) is 43.3 Å². The van der Waals surface area contributed by atoms with Gasteiger partial charge in [0.2, 0.25) is 5.91 Å². The van der Waals surface area contributed by atoms with Crippen LogP contribution in [0.1, 0.15) is 13.3 Å². The molecule has 1 unspecified atom stereocenters. The van der Waals surface area contributed by atoms with E-state index in [1.807, 2.05) is 30.3 Å². The Bertz CT molecular complexity index is 851. The first-order valence-electron chi connectivity index (χ1n) is 8.66. The van der Waals surface area contributed by atoms with E-state index in [9.17, 15) is 9.59 Å². The summed E-state index contributed by atoms with van der Waals surface area (Å²) in [7, 11) is 1.56. The highest BCUT2D eigenvalue weighted by molar-refractivity contribution is 6.38. The van der Waals surface area contributed by atoms with Gasteiger partial charge in [0.15, 0.2) is 0 Å². The van der Waals surface area contributed by atoms with Gasteiger partial charge in [-0.15, -0.1) is 0 Å². The molecule has 7 heteroatoms. The van der Waals surface area contributed by atoms with Crippen molar-refractivity contribution in [1.29, 1.82) is 0 Å². The fourth-order valence-corrected chi connectivity index (χ4v) is 2.80. The van der Waals surface area contributed by atoms with E-state index >= 15 is 0 Å². The standard InChI is InChI=1S/C20H21N3O4/c1-3-27-20(25)17-13-18(23(22-17)15-9-5-4-6-10-15)19(24)21-14-8-7-11-16(12-14)26-2/h4-12,18H,3,13H2,1-2H3,(H,21,24). The predicted octanol–water partition coefficient (Wildman–Crippen LogP) is 2.83. The quantitative estimate of drug-likeness (QED) is 0.794. The second-order valence-corrected chi connectivity index (χ2v) is 5.89. The number of benzene rings is 2. The van der Waals surface area contributed by atoms with Gasteiger partial charge in [-0.3, -0.25) is 9.80 Å². The zero-order chi connectivity index (χ0) is 19.2. The van der Waals surface area contributed by atoms with Crippen molar-refractivity contribution in [2.75, 3.05) is 24.0 Å². The monoisotopic (exact) mass is 367 g/mol. The van der Waals surface area contributed by atoms with Crippen LogP contribution in [0.4, 0.5) is 11.4 Å². The van der Waals surface area contributed by atoms with Crippen LogP contribution in [-0.2, 0) is 14.3 Å². The zero-order valence-corrected chi connectivity index (χ0v) is 15.2. The smallest absolute Gasteiger partial charge is 0.354 e. The molecule has 1 aliphatic rings. The molecular weight excluding hydrogens is 346 g/mol. The lowest BCUT2D eigenvalue weighted by molar-refractivity contribution is -0.135. The van der Waals surface area contributed by atoms with Gasteiger partial charge in [0.25, 0.3) is 0 Å².